The zero-order chi connectivity index (χ0) is 9.80. The van der Waals surface area contributed by atoms with E-state index in [9.17, 15) is 0 Å². The van der Waals surface area contributed by atoms with Crippen molar-refractivity contribution >= 4 is 5.82 Å². The number of rotatable bonds is 3. The number of piperidine rings is 1. The summed E-state index contributed by atoms with van der Waals surface area (Å²) in [6.07, 6.45) is 4.46. The van der Waals surface area contributed by atoms with E-state index in [0.717, 1.165) is 24.8 Å². The molecule has 2 N–H and O–H groups in total. The SMILES string of the molecule is Cn1nccc1NC[C@H]1CCCNC1. The molecule has 4 nitrogen and oxygen atoms in total. The number of aromatic nitrogens is 2. The highest BCUT2D eigenvalue weighted by atomic mass is 15.3. The molecule has 0 radical (unpaired) electrons. The summed E-state index contributed by atoms with van der Waals surface area (Å²) in [5, 5.41) is 11.0. The average molecular weight is 194 g/mol. The molecule has 1 saturated heterocycles. The fourth-order valence-electron chi connectivity index (χ4n) is 1.89. The lowest BCUT2D eigenvalue weighted by atomic mass is 10.00. The van der Waals surface area contributed by atoms with Gasteiger partial charge in [0.15, 0.2) is 0 Å². The van der Waals surface area contributed by atoms with Gasteiger partial charge in [-0.2, -0.15) is 5.10 Å². The van der Waals surface area contributed by atoms with Crippen LogP contribution in [-0.4, -0.2) is 29.4 Å². The third kappa shape index (κ3) is 2.26. The normalized spacial score (nSPS) is 22.2. The zero-order valence-electron chi connectivity index (χ0n) is 8.66. The van der Waals surface area contributed by atoms with Crippen LogP contribution in [0.1, 0.15) is 12.8 Å². The lowest BCUT2D eigenvalue weighted by Gasteiger charge is -2.23. The van der Waals surface area contributed by atoms with E-state index < -0.39 is 0 Å². The number of hydrogen-bond donors (Lipinski definition) is 2. The first-order valence-corrected chi connectivity index (χ1v) is 5.29. The van der Waals surface area contributed by atoms with Crippen molar-refractivity contribution in [3.63, 3.8) is 0 Å². The molecule has 14 heavy (non-hydrogen) atoms. The molecule has 0 spiro atoms. The van der Waals surface area contributed by atoms with E-state index in [0.29, 0.717) is 0 Å². The van der Waals surface area contributed by atoms with Crippen molar-refractivity contribution in [3.05, 3.63) is 12.3 Å². The molecule has 1 aliphatic rings. The molecule has 4 heteroatoms. The topological polar surface area (TPSA) is 41.9 Å². The number of nitrogens with zero attached hydrogens (tertiary/aromatic N) is 2. The van der Waals surface area contributed by atoms with Crippen LogP contribution in [0, 0.1) is 5.92 Å². The van der Waals surface area contributed by atoms with Gasteiger partial charge in [-0.3, -0.25) is 4.68 Å². The van der Waals surface area contributed by atoms with Crippen molar-refractivity contribution in [3.8, 4) is 0 Å². The van der Waals surface area contributed by atoms with Gasteiger partial charge in [-0.05, 0) is 31.8 Å². The summed E-state index contributed by atoms with van der Waals surface area (Å²) in [5.41, 5.74) is 0. The van der Waals surface area contributed by atoms with Crippen LogP contribution in [0.5, 0.6) is 0 Å². The molecule has 0 aliphatic carbocycles. The molecule has 2 heterocycles. The largest absolute Gasteiger partial charge is 0.370 e. The Morgan fingerprint density at radius 1 is 1.71 bits per heavy atom. The van der Waals surface area contributed by atoms with Gasteiger partial charge < -0.3 is 10.6 Å². The maximum atomic E-state index is 4.12. The number of nitrogens with one attached hydrogen (secondary N) is 2. The lowest BCUT2D eigenvalue weighted by molar-refractivity contribution is 0.392. The maximum absolute atomic E-state index is 4.12. The molecule has 2 rings (SSSR count). The zero-order valence-corrected chi connectivity index (χ0v) is 8.66. The summed E-state index contributed by atoms with van der Waals surface area (Å²) < 4.78 is 1.87. The summed E-state index contributed by atoms with van der Waals surface area (Å²) in [5.74, 6) is 1.87. The fraction of sp³-hybridized carbons (Fsp3) is 0.700. The van der Waals surface area contributed by atoms with Gasteiger partial charge in [0.05, 0.1) is 6.20 Å². The van der Waals surface area contributed by atoms with Crippen molar-refractivity contribution in [2.24, 2.45) is 13.0 Å². The van der Waals surface area contributed by atoms with Crippen LogP contribution in [-0.2, 0) is 7.05 Å². The minimum atomic E-state index is 0.763. The highest BCUT2D eigenvalue weighted by Gasteiger charge is 2.12. The van der Waals surface area contributed by atoms with E-state index in [1.165, 1.54) is 19.4 Å². The Labute approximate surface area is 84.7 Å². The predicted octanol–water partition coefficient (Wildman–Crippen LogP) is 0.832. The Morgan fingerprint density at radius 3 is 3.29 bits per heavy atom. The number of hydrogen-bond acceptors (Lipinski definition) is 3. The van der Waals surface area contributed by atoms with Crippen LogP contribution in [0.3, 0.4) is 0 Å². The van der Waals surface area contributed by atoms with Crippen molar-refractivity contribution in [2.45, 2.75) is 12.8 Å². The van der Waals surface area contributed by atoms with Crippen molar-refractivity contribution in [2.75, 3.05) is 25.0 Å². The second-order valence-corrected chi connectivity index (χ2v) is 3.93. The molecule has 1 aromatic heterocycles. The third-order valence-corrected chi connectivity index (χ3v) is 2.79. The first-order chi connectivity index (χ1) is 6.86. The minimum absolute atomic E-state index is 0.763. The van der Waals surface area contributed by atoms with Gasteiger partial charge >= 0.3 is 0 Å². The molecule has 1 fully saturated rings. The quantitative estimate of drug-likeness (QED) is 0.749. The van der Waals surface area contributed by atoms with Gasteiger partial charge in [0.1, 0.15) is 5.82 Å². The smallest absolute Gasteiger partial charge is 0.123 e. The van der Waals surface area contributed by atoms with Crippen LogP contribution in [0.4, 0.5) is 5.82 Å². The van der Waals surface area contributed by atoms with E-state index in [4.69, 9.17) is 0 Å². The fourth-order valence-corrected chi connectivity index (χ4v) is 1.89. The summed E-state index contributed by atoms with van der Waals surface area (Å²) >= 11 is 0. The Bertz CT molecular complexity index is 275. The van der Waals surface area contributed by atoms with Gasteiger partial charge in [0.2, 0.25) is 0 Å². The summed E-state index contributed by atoms with van der Waals surface area (Å²) in [6.45, 7) is 3.37. The molecule has 1 aromatic rings. The van der Waals surface area contributed by atoms with Crippen molar-refractivity contribution < 1.29 is 0 Å². The Kier molecular flexibility index (Phi) is 3.03. The average Bonchev–Trinajstić information content (AvgIpc) is 2.63. The number of aryl methyl sites for hydroxylation is 1. The van der Waals surface area contributed by atoms with Crippen LogP contribution in [0.25, 0.3) is 0 Å². The molecule has 0 bridgehead atoms. The van der Waals surface area contributed by atoms with Gasteiger partial charge in [-0.25, -0.2) is 0 Å². The van der Waals surface area contributed by atoms with Gasteiger partial charge in [-0.15, -0.1) is 0 Å². The summed E-state index contributed by atoms with van der Waals surface area (Å²) in [6, 6.07) is 2.01. The van der Waals surface area contributed by atoms with Crippen LogP contribution in [0.2, 0.25) is 0 Å². The third-order valence-electron chi connectivity index (χ3n) is 2.79. The molecule has 0 amide bonds. The molecule has 1 atom stereocenters. The summed E-state index contributed by atoms with van der Waals surface area (Å²) in [7, 11) is 1.96. The minimum Gasteiger partial charge on any atom is -0.370 e. The molecule has 0 aromatic carbocycles. The number of anilines is 1. The van der Waals surface area contributed by atoms with Gasteiger partial charge in [0.25, 0.3) is 0 Å². The standard InChI is InChI=1S/C10H18N4/c1-14-10(4-6-13-14)12-8-9-3-2-5-11-7-9/h4,6,9,11-12H,2-3,5,7-8H2,1H3/t9-/m0/s1. The molecular weight excluding hydrogens is 176 g/mol. The van der Waals surface area contributed by atoms with Crippen molar-refractivity contribution in [1.29, 1.82) is 0 Å². The van der Waals surface area contributed by atoms with E-state index >= 15 is 0 Å². The second-order valence-electron chi connectivity index (χ2n) is 3.93. The monoisotopic (exact) mass is 194 g/mol. The van der Waals surface area contributed by atoms with Crippen LogP contribution >= 0.6 is 0 Å². The molecular formula is C10H18N4. The van der Waals surface area contributed by atoms with Crippen molar-refractivity contribution in [1.82, 2.24) is 15.1 Å². The van der Waals surface area contributed by atoms with E-state index in [1.807, 2.05) is 24.0 Å². The van der Waals surface area contributed by atoms with E-state index in [2.05, 4.69) is 15.7 Å². The highest BCUT2D eigenvalue weighted by molar-refractivity contribution is 5.33. The Morgan fingerprint density at radius 2 is 2.64 bits per heavy atom. The lowest BCUT2D eigenvalue weighted by Crippen LogP contribution is -2.33. The first kappa shape index (κ1) is 9.52. The van der Waals surface area contributed by atoms with Gasteiger partial charge in [-0.1, -0.05) is 0 Å². The van der Waals surface area contributed by atoms with Crippen LogP contribution < -0.4 is 10.6 Å². The van der Waals surface area contributed by atoms with Gasteiger partial charge in [0, 0.05) is 19.7 Å². The molecule has 0 unspecified atom stereocenters. The van der Waals surface area contributed by atoms with E-state index in [1.54, 1.807) is 0 Å². The molecule has 0 saturated carbocycles. The van der Waals surface area contributed by atoms with E-state index in [-0.39, 0.29) is 0 Å². The Balaban J connectivity index is 1.79. The maximum Gasteiger partial charge on any atom is 0.123 e. The summed E-state index contributed by atoms with van der Waals surface area (Å²) in [4.78, 5) is 0. The Hall–Kier alpha value is -1.03. The molecule has 78 valence electrons. The predicted molar refractivity (Wildman–Crippen MR) is 57.3 cm³/mol. The molecule has 1 aliphatic heterocycles. The first-order valence-electron chi connectivity index (χ1n) is 5.29. The highest BCUT2D eigenvalue weighted by Crippen LogP contribution is 2.11. The second kappa shape index (κ2) is 4.46. The van der Waals surface area contributed by atoms with Crippen LogP contribution in [0.15, 0.2) is 12.3 Å².